The lowest BCUT2D eigenvalue weighted by Gasteiger charge is -2.30. The smallest absolute Gasteiger partial charge is 0.312 e. The number of Topliss-reactive ketones (excluding diaryl/α,β-unsaturated/α-hetero) is 1. The fourth-order valence-electron chi connectivity index (χ4n) is 4.78. The molecule has 164 valence electrons. The summed E-state index contributed by atoms with van der Waals surface area (Å²) < 4.78 is 17.1. The van der Waals surface area contributed by atoms with Crippen molar-refractivity contribution in [3.05, 3.63) is 59.2 Å². The topological polar surface area (TPSA) is 82.1 Å². The van der Waals surface area contributed by atoms with E-state index in [1.807, 2.05) is 19.1 Å². The van der Waals surface area contributed by atoms with E-state index in [1.54, 1.807) is 25.3 Å². The van der Waals surface area contributed by atoms with Gasteiger partial charge in [0.05, 0.1) is 25.9 Å². The molecule has 6 heteroatoms. The van der Waals surface area contributed by atoms with Gasteiger partial charge >= 0.3 is 5.97 Å². The van der Waals surface area contributed by atoms with E-state index in [4.69, 9.17) is 14.2 Å². The molecule has 0 aromatic heterocycles. The van der Waals surface area contributed by atoms with Crippen LogP contribution in [0.15, 0.2) is 42.5 Å². The summed E-state index contributed by atoms with van der Waals surface area (Å²) in [4.78, 5) is 25.1. The number of hydrogen-bond acceptors (Lipinski definition) is 5. The lowest BCUT2D eigenvalue weighted by molar-refractivity contribution is -0.152. The molecule has 2 bridgehead atoms. The maximum absolute atomic E-state index is 13.1. The van der Waals surface area contributed by atoms with E-state index in [0.717, 1.165) is 12.8 Å². The molecule has 2 saturated heterocycles. The van der Waals surface area contributed by atoms with Gasteiger partial charge in [-0.25, -0.2) is 0 Å². The van der Waals surface area contributed by atoms with Gasteiger partial charge in [-0.15, -0.1) is 0 Å². The number of ketones is 1. The van der Waals surface area contributed by atoms with Crippen molar-refractivity contribution in [3.8, 4) is 11.5 Å². The molecule has 2 fully saturated rings. The van der Waals surface area contributed by atoms with Crippen LogP contribution in [0.4, 0.5) is 0 Å². The summed E-state index contributed by atoms with van der Waals surface area (Å²) >= 11 is 0. The zero-order chi connectivity index (χ0) is 22.0. The number of rotatable bonds is 9. The molecule has 1 N–H and O–H groups in total. The molecular formula is C25H28O6. The van der Waals surface area contributed by atoms with Crippen molar-refractivity contribution in [2.75, 3.05) is 13.7 Å². The van der Waals surface area contributed by atoms with E-state index < -0.39 is 11.4 Å². The van der Waals surface area contributed by atoms with Crippen molar-refractivity contribution in [2.45, 2.75) is 51.2 Å². The van der Waals surface area contributed by atoms with Gasteiger partial charge in [0.1, 0.15) is 5.41 Å². The Kier molecular flexibility index (Phi) is 6.01. The average molecular weight is 424 g/mol. The number of aliphatic carboxylic acids is 1. The number of methoxy groups -OCH3 is 1. The van der Waals surface area contributed by atoms with E-state index in [2.05, 4.69) is 12.1 Å². The van der Waals surface area contributed by atoms with Crippen molar-refractivity contribution >= 4 is 11.8 Å². The first-order valence-electron chi connectivity index (χ1n) is 10.7. The predicted molar refractivity (Wildman–Crippen MR) is 115 cm³/mol. The SMILES string of the molecule is COc1ccc(C(=O)C[C@@]2(C(=O)O)C[C@@H]3CC[C@H]2O3)cc1OCCc1cccc(C)c1. The Labute approximate surface area is 182 Å². The quantitative estimate of drug-likeness (QED) is 0.607. The molecule has 0 aliphatic carbocycles. The highest BCUT2D eigenvalue weighted by atomic mass is 16.5. The van der Waals surface area contributed by atoms with Gasteiger partial charge in [0.25, 0.3) is 0 Å². The summed E-state index contributed by atoms with van der Waals surface area (Å²) in [5, 5.41) is 9.89. The highest BCUT2D eigenvalue weighted by Gasteiger charge is 2.58. The van der Waals surface area contributed by atoms with Gasteiger partial charge in [0.15, 0.2) is 17.3 Å². The maximum atomic E-state index is 13.1. The van der Waals surface area contributed by atoms with Crippen molar-refractivity contribution in [1.29, 1.82) is 0 Å². The summed E-state index contributed by atoms with van der Waals surface area (Å²) in [5.41, 5.74) is 1.66. The number of ether oxygens (including phenoxy) is 3. The van der Waals surface area contributed by atoms with Crippen LogP contribution in [0.1, 0.15) is 47.2 Å². The maximum Gasteiger partial charge on any atom is 0.312 e. The van der Waals surface area contributed by atoms with Gasteiger partial charge in [-0.1, -0.05) is 29.8 Å². The molecule has 0 radical (unpaired) electrons. The Bertz CT molecular complexity index is 984. The molecule has 6 nitrogen and oxygen atoms in total. The van der Waals surface area contributed by atoms with E-state index in [9.17, 15) is 14.7 Å². The number of hydrogen-bond donors (Lipinski definition) is 1. The second-order valence-corrected chi connectivity index (χ2v) is 8.54. The van der Waals surface area contributed by atoms with E-state index in [-0.39, 0.29) is 24.4 Å². The third kappa shape index (κ3) is 4.30. The fourth-order valence-corrected chi connectivity index (χ4v) is 4.78. The number of carbonyl (C=O) groups is 2. The van der Waals surface area contributed by atoms with Gasteiger partial charge < -0.3 is 19.3 Å². The summed E-state index contributed by atoms with van der Waals surface area (Å²) in [5.74, 6) is -0.146. The second kappa shape index (κ2) is 8.71. The van der Waals surface area contributed by atoms with Gasteiger partial charge in [0.2, 0.25) is 0 Å². The molecule has 0 spiro atoms. The number of carboxylic acid groups (broad SMARTS) is 1. The Morgan fingerprint density at radius 1 is 1.16 bits per heavy atom. The molecule has 2 heterocycles. The zero-order valence-corrected chi connectivity index (χ0v) is 17.9. The summed E-state index contributed by atoms with van der Waals surface area (Å²) in [6.45, 7) is 2.49. The molecule has 2 aliphatic rings. The van der Waals surface area contributed by atoms with Crippen molar-refractivity contribution in [2.24, 2.45) is 5.41 Å². The van der Waals surface area contributed by atoms with Crippen molar-refractivity contribution in [3.63, 3.8) is 0 Å². The highest BCUT2D eigenvalue weighted by molar-refractivity contribution is 5.99. The molecule has 0 saturated carbocycles. The molecule has 31 heavy (non-hydrogen) atoms. The minimum atomic E-state index is -1.13. The standard InChI is InChI=1S/C25H28O6/c1-16-4-3-5-17(12-16)10-11-30-22-13-18(6-8-21(22)29-2)20(26)15-25(24(27)28)14-19-7-9-23(25)31-19/h3-6,8,12-13,19,23H,7,9-11,14-15H2,1-2H3,(H,27,28)/t19-,23+,25-/m0/s1. The summed E-state index contributed by atoms with van der Waals surface area (Å²) in [7, 11) is 1.55. The molecular weight excluding hydrogens is 396 g/mol. The third-order valence-electron chi connectivity index (χ3n) is 6.43. The zero-order valence-electron chi connectivity index (χ0n) is 17.9. The first-order valence-corrected chi connectivity index (χ1v) is 10.7. The Hall–Kier alpha value is -2.86. The van der Waals surface area contributed by atoms with Crippen LogP contribution in [-0.2, 0) is 16.0 Å². The second-order valence-electron chi connectivity index (χ2n) is 8.54. The molecule has 2 aromatic carbocycles. The van der Waals surface area contributed by atoms with Crippen LogP contribution in [0.3, 0.4) is 0 Å². The monoisotopic (exact) mass is 424 g/mol. The minimum Gasteiger partial charge on any atom is -0.493 e. The number of aryl methyl sites for hydroxylation is 1. The van der Waals surface area contributed by atoms with Crippen LogP contribution in [0.5, 0.6) is 11.5 Å². The molecule has 0 unspecified atom stereocenters. The number of carbonyl (C=O) groups excluding carboxylic acids is 1. The van der Waals surface area contributed by atoms with Crippen LogP contribution >= 0.6 is 0 Å². The number of carboxylic acids is 1. The van der Waals surface area contributed by atoms with Gasteiger partial charge in [0, 0.05) is 18.4 Å². The summed E-state index contributed by atoms with van der Waals surface area (Å²) in [6, 6.07) is 13.2. The largest absolute Gasteiger partial charge is 0.493 e. The number of benzene rings is 2. The minimum absolute atomic E-state index is 0.0507. The lowest BCUT2D eigenvalue weighted by Crippen LogP contribution is -2.42. The molecule has 3 atom stereocenters. The Morgan fingerprint density at radius 2 is 2.00 bits per heavy atom. The molecule has 2 aromatic rings. The van der Waals surface area contributed by atoms with E-state index in [1.165, 1.54) is 11.1 Å². The van der Waals surface area contributed by atoms with E-state index >= 15 is 0 Å². The predicted octanol–water partition coefficient (Wildman–Crippen LogP) is 4.22. The van der Waals surface area contributed by atoms with Crippen LogP contribution in [-0.4, -0.2) is 42.8 Å². The first-order chi connectivity index (χ1) is 14.9. The van der Waals surface area contributed by atoms with Gasteiger partial charge in [-0.05, 0) is 49.9 Å². The first kappa shape index (κ1) is 21.4. The van der Waals surface area contributed by atoms with Crippen LogP contribution in [0, 0.1) is 12.3 Å². The van der Waals surface area contributed by atoms with Crippen LogP contribution < -0.4 is 9.47 Å². The third-order valence-corrected chi connectivity index (χ3v) is 6.43. The normalized spacial score (nSPS) is 24.2. The Balaban J connectivity index is 1.47. The van der Waals surface area contributed by atoms with E-state index in [0.29, 0.717) is 36.5 Å². The molecule has 2 aliphatic heterocycles. The van der Waals surface area contributed by atoms with Crippen molar-refractivity contribution < 1.29 is 28.9 Å². The summed E-state index contributed by atoms with van der Waals surface area (Å²) in [6.07, 6.45) is 2.18. The fraction of sp³-hybridized carbons (Fsp3) is 0.440. The van der Waals surface area contributed by atoms with Gasteiger partial charge in [-0.3, -0.25) is 9.59 Å². The van der Waals surface area contributed by atoms with Crippen LogP contribution in [0.2, 0.25) is 0 Å². The molecule has 4 rings (SSSR count). The highest BCUT2D eigenvalue weighted by Crippen LogP contribution is 2.50. The van der Waals surface area contributed by atoms with Gasteiger partial charge in [-0.2, -0.15) is 0 Å². The Morgan fingerprint density at radius 3 is 2.65 bits per heavy atom. The lowest BCUT2D eigenvalue weighted by atomic mass is 9.70. The average Bonchev–Trinajstić information content (AvgIpc) is 3.35. The van der Waals surface area contributed by atoms with Crippen LogP contribution in [0.25, 0.3) is 0 Å². The number of fused-ring (bicyclic) bond motifs is 2. The molecule has 0 amide bonds. The van der Waals surface area contributed by atoms with Crippen molar-refractivity contribution in [1.82, 2.24) is 0 Å².